The third kappa shape index (κ3) is 4.87. The van der Waals surface area contributed by atoms with Crippen LogP contribution < -0.4 is 10.1 Å². The molecule has 0 aliphatic heterocycles. The highest BCUT2D eigenvalue weighted by Crippen LogP contribution is 2.54. The van der Waals surface area contributed by atoms with E-state index in [4.69, 9.17) is 4.74 Å². The first-order valence-electron chi connectivity index (χ1n) is 7.19. The van der Waals surface area contributed by atoms with Gasteiger partial charge in [0.25, 0.3) is 5.91 Å². The zero-order valence-electron chi connectivity index (χ0n) is 14.2. The van der Waals surface area contributed by atoms with Crippen LogP contribution in [-0.2, 0) is 0 Å². The maximum atomic E-state index is 13.5. The molecule has 30 heavy (non-hydrogen) atoms. The number of carbonyl (C=O) groups excluding carboxylic acids is 1. The first kappa shape index (κ1) is 24.8. The Balaban J connectivity index is 2.62. The average Bonchev–Trinajstić information content (AvgIpc) is 2.76. The number of nitro benzene ring substituents is 1. The van der Waals surface area contributed by atoms with E-state index in [1.54, 1.807) is 0 Å². The summed E-state index contributed by atoms with van der Waals surface area (Å²) in [6.07, 6.45) is 0. The summed E-state index contributed by atoms with van der Waals surface area (Å²) in [6.45, 7) is 0. The Morgan fingerprint density at radius 1 is 0.933 bits per heavy atom. The Bertz CT molecular complexity index is 951. The molecule has 2 rings (SSSR count). The van der Waals surface area contributed by atoms with Crippen molar-refractivity contribution in [1.29, 1.82) is 0 Å². The van der Waals surface area contributed by atoms with E-state index in [9.17, 15) is 34.3 Å². The molecule has 0 unspecified atom stereocenters. The van der Waals surface area contributed by atoms with Crippen LogP contribution in [0.2, 0.25) is 0 Å². The van der Waals surface area contributed by atoms with Crippen LogP contribution in [0.15, 0.2) is 42.7 Å². The molecule has 6 nitrogen and oxygen atoms in total. The van der Waals surface area contributed by atoms with Crippen LogP contribution >= 0.6 is 60.7 Å². The minimum absolute atomic E-state index is 0.213. The molecule has 162 valence electrons. The molecular weight excluding hydrogens is 515 g/mol. The van der Waals surface area contributed by atoms with Crippen LogP contribution in [0.4, 0.5) is 30.8 Å². The predicted molar refractivity (Wildman–Crippen MR) is 109 cm³/mol. The largest absolute Gasteiger partial charge is 0.490 e. The number of amides is 1. The van der Waals surface area contributed by atoms with Gasteiger partial charge in [-0.2, -0.15) is 19.4 Å². The molecule has 0 heterocycles. The molecule has 2 aromatic carbocycles. The Morgan fingerprint density at radius 3 is 1.80 bits per heavy atom. The Hall–Kier alpha value is -1.49. The molecule has 16 heteroatoms. The highest BCUT2D eigenvalue weighted by molar-refractivity contribution is 8.00. The molecule has 0 atom stereocenters. The van der Waals surface area contributed by atoms with E-state index in [0.29, 0.717) is 0 Å². The lowest BCUT2D eigenvalue weighted by Crippen LogP contribution is -2.14. The number of rotatable bonds is 9. The second-order valence-corrected chi connectivity index (χ2v) is 7.82. The van der Waals surface area contributed by atoms with Crippen molar-refractivity contribution in [3.63, 3.8) is 0 Å². The molecule has 2 aromatic rings. The van der Waals surface area contributed by atoms with Crippen LogP contribution in [0.3, 0.4) is 0 Å². The van der Waals surface area contributed by atoms with Gasteiger partial charge in [-0.05, 0) is 6.07 Å². The van der Waals surface area contributed by atoms with Gasteiger partial charge >= 0.3 is 5.69 Å². The lowest BCUT2D eigenvalue weighted by Gasteiger charge is -2.18. The molecule has 0 aromatic heterocycles. The number of carbonyl (C=O) groups is 1. The van der Waals surface area contributed by atoms with Crippen molar-refractivity contribution >= 4 is 78.0 Å². The summed E-state index contributed by atoms with van der Waals surface area (Å²) >= 11 is -3.04. The van der Waals surface area contributed by atoms with E-state index in [1.807, 2.05) is 0 Å². The zero-order chi connectivity index (χ0) is 22.4. The highest BCUT2D eigenvalue weighted by Gasteiger charge is 2.29. The quantitative estimate of drug-likeness (QED) is 0.202. The Labute approximate surface area is 188 Å². The van der Waals surface area contributed by atoms with Crippen LogP contribution in [0.1, 0.15) is 10.4 Å². The summed E-state index contributed by atoms with van der Waals surface area (Å²) in [5, 5.41) is 13.1. The standard InChI is InChI=1S/C14H7F5N2O4S5/c1-25-7-4-5(2-3-6(7)21(23)24)14(22)20-8-9(26-15)11(28-17)13(30-19)12(29-18)10(8)27-16/h2-4H,1H3,(H,20,22). The zero-order valence-corrected chi connectivity index (χ0v) is 18.3. The van der Waals surface area contributed by atoms with Crippen molar-refractivity contribution in [3.8, 4) is 5.75 Å². The average molecular weight is 523 g/mol. The van der Waals surface area contributed by atoms with Crippen LogP contribution in [0.25, 0.3) is 0 Å². The number of nitrogens with zero attached hydrogens (tertiary/aromatic N) is 1. The van der Waals surface area contributed by atoms with Gasteiger partial charge in [0.1, 0.15) is 0 Å². The van der Waals surface area contributed by atoms with Gasteiger partial charge < -0.3 is 10.1 Å². The molecule has 0 spiro atoms. The minimum atomic E-state index is -1.01. The van der Waals surface area contributed by atoms with Crippen molar-refractivity contribution in [2.75, 3.05) is 12.4 Å². The molecule has 0 bridgehead atoms. The first-order valence-corrected chi connectivity index (χ1v) is 10.8. The highest BCUT2D eigenvalue weighted by atomic mass is 32.2. The molecule has 1 amide bonds. The van der Waals surface area contributed by atoms with E-state index in [-0.39, 0.29) is 11.3 Å². The number of ether oxygens (including phenoxy) is 1. The van der Waals surface area contributed by atoms with Gasteiger partial charge in [0.05, 0.1) is 103 Å². The van der Waals surface area contributed by atoms with Gasteiger partial charge in [-0.3, -0.25) is 14.9 Å². The van der Waals surface area contributed by atoms with E-state index in [0.717, 1.165) is 25.3 Å². The van der Waals surface area contributed by atoms with Crippen molar-refractivity contribution in [3.05, 3.63) is 33.9 Å². The number of nitro groups is 1. The van der Waals surface area contributed by atoms with Gasteiger partial charge in [-0.15, -0.1) is 0 Å². The van der Waals surface area contributed by atoms with Crippen molar-refractivity contribution in [1.82, 2.24) is 0 Å². The first-order chi connectivity index (χ1) is 14.4. The van der Waals surface area contributed by atoms with Crippen molar-refractivity contribution in [2.24, 2.45) is 0 Å². The number of hydrogen-bond donors (Lipinski definition) is 1. The third-order valence-electron chi connectivity index (χ3n) is 3.54. The van der Waals surface area contributed by atoms with Gasteiger partial charge in [0, 0.05) is 17.7 Å². The summed E-state index contributed by atoms with van der Waals surface area (Å²) in [6, 6.07) is 3.01. The van der Waals surface area contributed by atoms with Gasteiger partial charge in [0.2, 0.25) is 0 Å². The summed E-state index contributed by atoms with van der Waals surface area (Å²) in [4.78, 5) is 19.3. The van der Waals surface area contributed by atoms with Crippen LogP contribution in [0, 0.1) is 10.1 Å². The maximum Gasteiger partial charge on any atom is 0.310 e. The molecule has 0 aliphatic rings. The molecule has 0 fully saturated rings. The van der Waals surface area contributed by atoms with Gasteiger partial charge in [-0.25, -0.2) is 0 Å². The van der Waals surface area contributed by atoms with Crippen LogP contribution in [0.5, 0.6) is 5.75 Å². The third-order valence-corrected chi connectivity index (χ3v) is 6.87. The fraction of sp³-hybridized carbons (Fsp3) is 0.0714. The topological polar surface area (TPSA) is 81.5 Å². The second-order valence-electron chi connectivity index (χ2n) is 5.00. The Kier molecular flexibility index (Phi) is 9.27. The van der Waals surface area contributed by atoms with Crippen LogP contribution in [-0.4, -0.2) is 17.9 Å². The number of benzene rings is 2. The molecule has 0 saturated heterocycles. The Morgan fingerprint density at radius 2 is 1.40 bits per heavy atom. The number of methoxy groups -OCH3 is 1. The number of halogens is 5. The number of anilines is 1. The fourth-order valence-corrected chi connectivity index (χ4v) is 5.12. The number of hydrogen-bond acceptors (Lipinski definition) is 9. The van der Waals surface area contributed by atoms with E-state index in [1.165, 1.54) is 0 Å². The van der Waals surface area contributed by atoms with Crippen molar-refractivity contribution in [2.45, 2.75) is 24.5 Å². The number of nitrogens with one attached hydrogen (secondary N) is 1. The monoisotopic (exact) mass is 522 g/mol. The summed E-state index contributed by atoms with van der Waals surface area (Å²) in [7, 11) is 1.13. The summed E-state index contributed by atoms with van der Waals surface area (Å²) in [5.41, 5.74) is -1.28. The lowest BCUT2D eigenvalue weighted by molar-refractivity contribution is -0.385. The molecule has 1 N–H and O–H groups in total. The summed E-state index contributed by atoms with van der Waals surface area (Å²) in [5.74, 6) is -1.28. The fourth-order valence-electron chi connectivity index (χ4n) is 2.27. The van der Waals surface area contributed by atoms with E-state index in [2.05, 4.69) is 5.32 Å². The molecule has 0 radical (unpaired) electrons. The normalized spacial score (nSPS) is 10.7. The van der Waals surface area contributed by atoms with E-state index < -0.39 is 107 Å². The second kappa shape index (κ2) is 11.2. The molecular formula is C14H7F5N2O4S5. The minimum Gasteiger partial charge on any atom is -0.490 e. The predicted octanol–water partition coefficient (Wildman–Crippen LogP) is 7.74. The van der Waals surface area contributed by atoms with Gasteiger partial charge in [0.15, 0.2) is 5.75 Å². The molecule has 0 saturated carbocycles. The SMILES string of the molecule is COc1cc(C(=O)Nc2c(SF)c(SF)c(SF)c(SF)c2SF)ccc1[N+](=O)[O-]. The summed E-state index contributed by atoms with van der Waals surface area (Å²) < 4.78 is 71.9. The smallest absolute Gasteiger partial charge is 0.310 e. The molecule has 0 aliphatic carbocycles. The lowest BCUT2D eigenvalue weighted by atomic mass is 10.1. The maximum absolute atomic E-state index is 13.5. The van der Waals surface area contributed by atoms with Gasteiger partial charge in [-0.1, -0.05) is 0 Å². The van der Waals surface area contributed by atoms with Crippen molar-refractivity contribution < 1.29 is 33.9 Å². The van der Waals surface area contributed by atoms with E-state index >= 15 is 0 Å².